The van der Waals surface area contributed by atoms with Gasteiger partial charge in [0, 0.05) is 5.57 Å². The molecule has 1 heterocycles. The molecule has 0 amide bonds. The molecule has 1 atom stereocenters. The standard InChI is InChI=1S/C28H39F3O2/c1-19(2)10-7-11-20(3)12-8-13-24(28(29,30)31)14-9-16-27(6)17-15-23-18-25(32)21(4)22(5)26(23)33-27/h10,12,14,18,32H,7-9,11,13,15-17H2,1-6H3/b20-12+,24-14-. The zero-order valence-corrected chi connectivity index (χ0v) is 21.0. The van der Waals surface area contributed by atoms with Gasteiger partial charge in [0.05, 0.1) is 0 Å². The Morgan fingerprint density at radius 2 is 1.70 bits per heavy atom. The van der Waals surface area contributed by atoms with Crippen LogP contribution in [0.25, 0.3) is 0 Å². The molecule has 1 aromatic rings. The number of rotatable bonds is 9. The molecule has 0 saturated carbocycles. The molecule has 1 aliphatic heterocycles. The lowest BCUT2D eigenvalue weighted by Gasteiger charge is -2.37. The summed E-state index contributed by atoms with van der Waals surface area (Å²) in [5, 5.41) is 10.1. The number of phenols is 1. The van der Waals surface area contributed by atoms with Gasteiger partial charge < -0.3 is 9.84 Å². The number of fused-ring (bicyclic) bond motifs is 1. The van der Waals surface area contributed by atoms with Crippen LogP contribution in [0.4, 0.5) is 13.2 Å². The molecule has 1 N–H and O–H groups in total. The molecular formula is C28H39F3O2. The second-order valence-corrected chi connectivity index (χ2v) is 9.86. The molecule has 0 saturated heterocycles. The van der Waals surface area contributed by atoms with Gasteiger partial charge in [-0.25, -0.2) is 0 Å². The van der Waals surface area contributed by atoms with Crippen molar-refractivity contribution in [3.8, 4) is 11.5 Å². The fourth-order valence-electron chi connectivity index (χ4n) is 4.22. The van der Waals surface area contributed by atoms with Crippen molar-refractivity contribution in [3.63, 3.8) is 0 Å². The monoisotopic (exact) mass is 464 g/mol. The number of phenolic OH excluding ortho intramolecular Hbond substituents is 1. The Kier molecular flexibility index (Phi) is 9.28. The van der Waals surface area contributed by atoms with E-state index in [9.17, 15) is 18.3 Å². The topological polar surface area (TPSA) is 29.5 Å². The summed E-state index contributed by atoms with van der Waals surface area (Å²) in [5.41, 5.74) is 4.06. The molecule has 33 heavy (non-hydrogen) atoms. The summed E-state index contributed by atoms with van der Waals surface area (Å²) in [6.45, 7) is 11.8. The summed E-state index contributed by atoms with van der Waals surface area (Å²) >= 11 is 0. The molecule has 1 aliphatic rings. The molecule has 0 spiro atoms. The fourth-order valence-corrected chi connectivity index (χ4v) is 4.22. The van der Waals surface area contributed by atoms with E-state index >= 15 is 0 Å². The second kappa shape index (κ2) is 11.3. The Balaban J connectivity index is 2.00. The Morgan fingerprint density at radius 3 is 2.33 bits per heavy atom. The number of aryl methyl sites for hydroxylation is 1. The third-order valence-corrected chi connectivity index (χ3v) is 6.59. The third kappa shape index (κ3) is 7.97. The van der Waals surface area contributed by atoms with Crippen LogP contribution < -0.4 is 4.74 Å². The van der Waals surface area contributed by atoms with Crippen molar-refractivity contribution in [1.82, 2.24) is 0 Å². The van der Waals surface area contributed by atoms with Crippen LogP contribution in [0.2, 0.25) is 0 Å². The average molecular weight is 465 g/mol. The highest BCUT2D eigenvalue weighted by atomic mass is 19.4. The molecule has 0 aliphatic carbocycles. The number of allylic oxidation sites excluding steroid dienone is 6. The van der Waals surface area contributed by atoms with Crippen LogP contribution >= 0.6 is 0 Å². The summed E-state index contributed by atoms with van der Waals surface area (Å²) < 4.78 is 47.0. The van der Waals surface area contributed by atoms with Gasteiger partial charge in [0.1, 0.15) is 17.1 Å². The van der Waals surface area contributed by atoms with Gasteiger partial charge in [-0.3, -0.25) is 0 Å². The molecule has 2 nitrogen and oxygen atoms in total. The van der Waals surface area contributed by atoms with Crippen molar-refractivity contribution in [2.75, 3.05) is 0 Å². The van der Waals surface area contributed by atoms with Crippen LogP contribution in [0.3, 0.4) is 0 Å². The minimum Gasteiger partial charge on any atom is -0.508 e. The first-order chi connectivity index (χ1) is 15.3. The second-order valence-electron chi connectivity index (χ2n) is 9.86. The lowest BCUT2D eigenvalue weighted by atomic mass is 9.86. The highest BCUT2D eigenvalue weighted by Crippen LogP contribution is 2.42. The van der Waals surface area contributed by atoms with E-state index in [1.54, 1.807) is 6.07 Å². The maximum atomic E-state index is 13.6. The molecule has 0 fully saturated rings. The number of alkyl halides is 3. The van der Waals surface area contributed by atoms with E-state index in [4.69, 9.17) is 4.74 Å². The van der Waals surface area contributed by atoms with Gasteiger partial charge in [0.25, 0.3) is 0 Å². The van der Waals surface area contributed by atoms with E-state index in [0.29, 0.717) is 25.7 Å². The van der Waals surface area contributed by atoms with Gasteiger partial charge in [-0.15, -0.1) is 0 Å². The number of halogens is 3. The first kappa shape index (κ1) is 27.1. The highest BCUT2D eigenvalue weighted by Gasteiger charge is 2.35. The van der Waals surface area contributed by atoms with Crippen LogP contribution in [0.15, 0.2) is 41.0 Å². The molecule has 1 aromatic carbocycles. The van der Waals surface area contributed by atoms with Gasteiger partial charge in [-0.1, -0.05) is 29.4 Å². The average Bonchev–Trinajstić information content (AvgIpc) is 2.71. The van der Waals surface area contributed by atoms with Gasteiger partial charge in [0.15, 0.2) is 0 Å². The number of hydrogen-bond acceptors (Lipinski definition) is 2. The number of benzene rings is 1. The van der Waals surface area contributed by atoms with Gasteiger partial charge in [0.2, 0.25) is 0 Å². The van der Waals surface area contributed by atoms with Crippen molar-refractivity contribution >= 4 is 0 Å². The van der Waals surface area contributed by atoms with E-state index in [0.717, 1.165) is 47.3 Å². The lowest BCUT2D eigenvalue weighted by molar-refractivity contribution is -0.0942. The smallest absolute Gasteiger partial charge is 0.412 e. The van der Waals surface area contributed by atoms with Gasteiger partial charge >= 0.3 is 6.18 Å². The van der Waals surface area contributed by atoms with Crippen LogP contribution in [-0.4, -0.2) is 16.9 Å². The van der Waals surface area contributed by atoms with E-state index < -0.39 is 17.4 Å². The largest absolute Gasteiger partial charge is 0.508 e. The van der Waals surface area contributed by atoms with Crippen LogP contribution in [0.5, 0.6) is 11.5 Å². The van der Waals surface area contributed by atoms with Crippen LogP contribution in [-0.2, 0) is 6.42 Å². The quantitative estimate of drug-likeness (QED) is 0.370. The first-order valence-corrected chi connectivity index (χ1v) is 11.9. The Hall–Kier alpha value is -2.17. The van der Waals surface area contributed by atoms with E-state index in [-0.39, 0.29) is 12.2 Å². The van der Waals surface area contributed by atoms with E-state index in [1.807, 2.05) is 47.6 Å². The fraction of sp³-hybridized carbons (Fsp3) is 0.571. The SMILES string of the molecule is CC(C)=CCC/C(C)=C/CC/C(=C/CCC1(C)CCc2cc(O)c(C)c(C)c2O1)C(F)(F)F. The maximum absolute atomic E-state index is 13.6. The van der Waals surface area contributed by atoms with Crippen molar-refractivity contribution in [3.05, 3.63) is 57.7 Å². The predicted molar refractivity (Wildman–Crippen MR) is 130 cm³/mol. The molecular weight excluding hydrogens is 425 g/mol. The Bertz CT molecular complexity index is 918. The summed E-state index contributed by atoms with van der Waals surface area (Å²) in [7, 11) is 0. The number of aromatic hydroxyl groups is 1. The van der Waals surface area contributed by atoms with Crippen molar-refractivity contribution in [1.29, 1.82) is 0 Å². The molecule has 5 heteroatoms. The van der Waals surface area contributed by atoms with Crippen molar-refractivity contribution in [2.45, 2.75) is 105 Å². The number of ether oxygens (including phenoxy) is 1. The Morgan fingerprint density at radius 1 is 1.03 bits per heavy atom. The first-order valence-electron chi connectivity index (χ1n) is 11.9. The van der Waals surface area contributed by atoms with Crippen molar-refractivity contribution < 1.29 is 23.0 Å². The van der Waals surface area contributed by atoms with E-state index in [2.05, 4.69) is 6.08 Å². The predicted octanol–water partition coefficient (Wildman–Crippen LogP) is 8.83. The lowest BCUT2D eigenvalue weighted by Crippen LogP contribution is -2.36. The third-order valence-electron chi connectivity index (χ3n) is 6.59. The molecule has 184 valence electrons. The summed E-state index contributed by atoms with van der Waals surface area (Å²) in [6.07, 6.45) is 5.62. The minimum atomic E-state index is -4.31. The minimum absolute atomic E-state index is 0.00146. The normalized spacial score (nSPS) is 19.2. The summed E-state index contributed by atoms with van der Waals surface area (Å²) in [4.78, 5) is 0. The zero-order valence-electron chi connectivity index (χ0n) is 21.0. The molecule has 0 bridgehead atoms. The molecule has 1 unspecified atom stereocenters. The highest BCUT2D eigenvalue weighted by molar-refractivity contribution is 5.53. The number of hydrogen-bond donors (Lipinski definition) is 1. The molecule has 2 rings (SSSR count). The van der Waals surface area contributed by atoms with Gasteiger partial charge in [-0.2, -0.15) is 13.2 Å². The Labute approximate surface area is 197 Å². The van der Waals surface area contributed by atoms with Crippen molar-refractivity contribution in [2.24, 2.45) is 0 Å². The molecule has 0 radical (unpaired) electrons. The maximum Gasteiger partial charge on any atom is 0.412 e. The van der Waals surface area contributed by atoms with Gasteiger partial charge in [-0.05, 0) is 116 Å². The summed E-state index contributed by atoms with van der Waals surface area (Å²) in [6, 6.07) is 1.74. The van der Waals surface area contributed by atoms with Crippen LogP contribution in [0.1, 0.15) is 89.3 Å². The van der Waals surface area contributed by atoms with E-state index in [1.165, 1.54) is 11.6 Å². The summed E-state index contributed by atoms with van der Waals surface area (Å²) in [5.74, 6) is 1.03. The molecule has 0 aromatic heterocycles. The van der Waals surface area contributed by atoms with Crippen LogP contribution in [0, 0.1) is 13.8 Å². The zero-order chi connectivity index (χ0) is 24.8.